The minimum Gasteiger partial charge on any atom is -0.398 e. The fourth-order valence-corrected chi connectivity index (χ4v) is 3.15. The van der Waals surface area contributed by atoms with Crippen LogP contribution in [0.25, 0.3) is 10.9 Å². The largest absolute Gasteiger partial charge is 0.398 e. The van der Waals surface area contributed by atoms with Crippen LogP contribution in [-0.4, -0.2) is 43.6 Å². The van der Waals surface area contributed by atoms with Crippen LogP contribution in [-0.2, 0) is 0 Å². The molecule has 1 unspecified atom stereocenters. The first kappa shape index (κ1) is 13.2. The van der Waals surface area contributed by atoms with E-state index in [0.29, 0.717) is 0 Å². The van der Waals surface area contributed by atoms with Crippen molar-refractivity contribution in [1.82, 2.24) is 9.88 Å². The van der Waals surface area contributed by atoms with E-state index < -0.39 is 0 Å². The number of nitrogen functional groups attached to an aromatic ring is 1. The molecule has 106 valence electrons. The molecule has 20 heavy (non-hydrogen) atoms. The summed E-state index contributed by atoms with van der Waals surface area (Å²) in [6.45, 7) is 3.46. The molecule has 3 rings (SSSR count). The lowest BCUT2D eigenvalue weighted by Gasteiger charge is -2.24. The molecular formula is C16H22N4. The van der Waals surface area contributed by atoms with Crippen LogP contribution < -0.4 is 10.6 Å². The van der Waals surface area contributed by atoms with Crippen molar-refractivity contribution in [1.29, 1.82) is 0 Å². The molecule has 0 amide bonds. The maximum atomic E-state index is 6.04. The molecule has 4 heteroatoms. The highest BCUT2D eigenvalue weighted by Crippen LogP contribution is 2.29. The number of anilines is 2. The first-order valence-electron chi connectivity index (χ1n) is 7.18. The number of benzene rings is 1. The molecule has 4 nitrogen and oxygen atoms in total. The van der Waals surface area contributed by atoms with E-state index >= 15 is 0 Å². The highest BCUT2D eigenvalue weighted by atomic mass is 15.2. The summed E-state index contributed by atoms with van der Waals surface area (Å²) in [5, 5.41) is 1.04. The number of rotatable bonds is 3. The summed E-state index contributed by atoms with van der Waals surface area (Å²) in [4.78, 5) is 9.24. The SMILES string of the molecule is CN1CCC(CN(C)c2ccc(N)c3cccnc23)C1. The number of pyridine rings is 1. The fourth-order valence-electron chi connectivity index (χ4n) is 3.15. The quantitative estimate of drug-likeness (QED) is 0.869. The van der Waals surface area contributed by atoms with Crippen LogP contribution in [0.2, 0.25) is 0 Å². The molecule has 1 atom stereocenters. The Morgan fingerprint density at radius 3 is 3.00 bits per heavy atom. The number of likely N-dealkylation sites (tertiary alicyclic amines) is 1. The van der Waals surface area contributed by atoms with Crippen molar-refractivity contribution < 1.29 is 0 Å². The second kappa shape index (κ2) is 5.29. The molecule has 1 aromatic carbocycles. The minimum absolute atomic E-state index is 0.737. The van der Waals surface area contributed by atoms with Crippen molar-refractivity contribution in [2.24, 2.45) is 5.92 Å². The molecule has 0 aliphatic carbocycles. The molecule has 1 aliphatic rings. The number of fused-ring (bicyclic) bond motifs is 1. The molecule has 0 radical (unpaired) electrons. The monoisotopic (exact) mass is 270 g/mol. The van der Waals surface area contributed by atoms with Gasteiger partial charge < -0.3 is 15.5 Å². The average molecular weight is 270 g/mol. The Labute approximate surface area is 120 Å². The lowest BCUT2D eigenvalue weighted by Crippen LogP contribution is -2.27. The van der Waals surface area contributed by atoms with Crippen LogP contribution in [0.3, 0.4) is 0 Å². The van der Waals surface area contributed by atoms with Crippen molar-refractivity contribution in [3.05, 3.63) is 30.5 Å². The van der Waals surface area contributed by atoms with Gasteiger partial charge in [-0.2, -0.15) is 0 Å². The van der Waals surface area contributed by atoms with E-state index in [0.717, 1.165) is 29.1 Å². The van der Waals surface area contributed by atoms with Crippen LogP contribution in [0.4, 0.5) is 11.4 Å². The van der Waals surface area contributed by atoms with Crippen LogP contribution in [0, 0.1) is 5.92 Å². The molecule has 0 saturated carbocycles. The zero-order valence-electron chi connectivity index (χ0n) is 12.2. The smallest absolute Gasteiger partial charge is 0.0955 e. The van der Waals surface area contributed by atoms with Crippen LogP contribution in [0.5, 0.6) is 0 Å². The summed E-state index contributed by atoms with van der Waals surface area (Å²) in [5.41, 5.74) is 9.01. The maximum absolute atomic E-state index is 6.04. The summed E-state index contributed by atoms with van der Waals surface area (Å²) in [7, 11) is 4.35. The Morgan fingerprint density at radius 1 is 1.40 bits per heavy atom. The fraction of sp³-hybridized carbons (Fsp3) is 0.438. The number of hydrogen-bond acceptors (Lipinski definition) is 4. The Morgan fingerprint density at radius 2 is 2.25 bits per heavy atom. The van der Waals surface area contributed by atoms with Gasteiger partial charge in [0.2, 0.25) is 0 Å². The van der Waals surface area contributed by atoms with Gasteiger partial charge in [0, 0.05) is 37.4 Å². The van der Waals surface area contributed by atoms with Gasteiger partial charge in [0.25, 0.3) is 0 Å². The number of nitrogens with zero attached hydrogens (tertiary/aromatic N) is 3. The summed E-state index contributed by atoms with van der Waals surface area (Å²) < 4.78 is 0. The van der Waals surface area contributed by atoms with Crippen LogP contribution >= 0.6 is 0 Å². The zero-order valence-corrected chi connectivity index (χ0v) is 12.2. The number of hydrogen-bond donors (Lipinski definition) is 1. The Hall–Kier alpha value is -1.81. The van der Waals surface area contributed by atoms with Crippen LogP contribution in [0.15, 0.2) is 30.5 Å². The lowest BCUT2D eigenvalue weighted by atomic mass is 10.1. The van der Waals surface area contributed by atoms with Crippen LogP contribution in [0.1, 0.15) is 6.42 Å². The summed E-state index contributed by atoms with van der Waals surface area (Å²) in [6.07, 6.45) is 3.11. The van der Waals surface area contributed by atoms with Crippen molar-refractivity contribution in [3.8, 4) is 0 Å². The molecule has 2 N–H and O–H groups in total. The second-order valence-corrected chi connectivity index (χ2v) is 5.87. The maximum Gasteiger partial charge on any atom is 0.0955 e. The van der Waals surface area contributed by atoms with Crippen molar-refractivity contribution in [2.45, 2.75) is 6.42 Å². The third-order valence-electron chi connectivity index (χ3n) is 4.21. The zero-order chi connectivity index (χ0) is 14.1. The third kappa shape index (κ3) is 2.43. The standard InChI is InChI=1S/C16H22N4/c1-19-9-7-12(10-19)11-20(2)15-6-5-14(17)13-4-3-8-18-16(13)15/h3-6,8,12H,7,9-11,17H2,1-2H3. The molecule has 1 fully saturated rings. The summed E-state index contributed by atoms with van der Waals surface area (Å²) in [5.74, 6) is 0.737. The highest BCUT2D eigenvalue weighted by Gasteiger charge is 2.21. The van der Waals surface area contributed by atoms with Gasteiger partial charge in [-0.05, 0) is 50.2 Å². The van der Waals surface area contributed by atoms with Crippen molar-refractivity contribution in [2.75, 3.05) is 44.4 Å². The Balaban J connectivity index is 1.88. The third-order valence-corrected chi connectivity index (χ3v) is 4.21. The molecule has 2 aromatic rings. The van der Waals surface area contributed by atoms with E-state index in [-0.39, 0.29) is 0 Å². The summed E-state index contributed by atoms with van der Waals surface area (Å²) >= 11 is 0. The molecule has 1 aromatic heterocycles. The Bertz CT molecular complexity index is 610. The van der Waals surface area contributed by atoms with Gasteiger partial charge in [-0.15, -0.1) is 0 Å². The van der Waals surface area contributed by atoms with Crippen molar-refractivity contribution in [3.63, 3.8) is 0 Å². The normalized spacial score (nSPS) is 19.6. The van der Waals surface area contributed by atoms with E-state index in [1.54, 1.807) is 0 Å². The van der Waals surface area contributed by atoms with Gasteiger partial charge in [0.05, 0.1) is 11.2 Å². The van der Waals surface area contributed by atoms with E-state index in [1.165, 1.54) is 25.2 Å². The van der Waals surface area contributed by atoms with Gasteiger partial charge >= 0.3 is 0 Å². The second-order valence-electron chi connectivity index (χ2n) is 5.87. The molecule has 2 heterocycles. The molecule has 1 aliphatic heterocycles. The predicted octanol–water partition coefficient (Wildman–Crippen LogP) is 2.20. The number of nitrogens with two attached hydrogens (primary N) is 1. The lowest BCUT2D eigenvalue weighted by molar-refractivity contribution is 0.396. The van der Waals surface area contributed by atoms with Crippen molar-refractivity contribution >= 4 is 22.3 Å². The average Bonchev–Trinajstić information content (AvgIpc) is 2.84. The summed E-state index contributed by atoms with van der Waals surface area (Å²) in [6, 6.07) is 8.05. The topological polar surface area (TPSA) is 45.4 Å². The van der Waals surface area contributed by atoms with E-state index in [9.17, 15) is 0 Å². The number of aromatic nitrogens is 1. The Kier molecular flexibility index (Phi) is 3.49. The molecule has 0 spiro atoms. The van der Waals surface area contributed by atoms with Gasteiger partial charge in [0.15, 0.2) is 0 Å². The minimum atomic E-state index is 0.737. The molecular weight excluding hydrogens is 248 g/mol. The predicted molar refractivity (Wildman–Crippen MR) is 85.0 cm³/mol. The first-order valence-corrected chi connectivity index (χ1v) is 7.18. The first-order chi connectivity index (χ1) is 9.65. The highest BCUT2D eigenvalue weighted by molar-refractivity contribution is 5.98. The molecule has 0 bridgehead atoms. The van der Waals surface area contributed by atoms with Gasteiger partial charge in [0.1, 0.15) is 0 Å². The van der Waals surface area contributed by atoms with Gasteiger partial charge in [-0.1, -0.05) is 0 Å². The van der Waals surface area contributed by atoms with E-state index in [1.807, 2.05) is 24.4 Å². The van der Waals surface area contributed by atoms with Gasteiger partial charge in [-0.3, -0.25) is 4.98 Å². The van der Waals surface area contributed by atoms with Gasteiger partial charge in [-0.25, -0.2) is 0 Å². The molecule has 1 saturated heterocycles. The van der Waals surface area contributed by atoms with E-state index in [4.69, 9.17) is 5.73 Å². The van der Waals surface area contributed by atoms with E-state index in [2.05, 4.69) is 34.9 Å².